The molecule has 1 saturated carbocycles. The fraction of sp³-hybridized carbons (Fsp3) is 0.533. The van der Waals surface area contributed by atoms with Crippen molar-refractivity contribution in [2.45, 2.75) is 44.9 Å². The number of ketones is 1. The molecule has 0 saturated heterocycles. The molecule has 2 heteroatoms. The summed E-state index contributed by atoms with van der Waals surface area (Å²) in [7, 11) is 0. The molecule has 0 aliphatic heterocycles. The molecule has 0 amide bonds. The van der Waals surface area contributed by atoms with Gasteiger partial charge in [0, 0.05) is 12.0 Å². The Labute approximate surface area is 102 Å². The van der Waals surface area contributed by atoms with Gasteiger partial charge < -0.3 is 0 Å². The Morgan fingerprint density at radius 3 is 2.71 bits per heavy atom. The van der Waals surface area contributed by atoms with Crippen molar-refractivity contribution in [1.82, 2.24) is 0 Å². The molecule has 1 fully saturated rings. The molecular weight excluding hydrogens is 215 g/mol. The molecule has 1 aliphatic carbocycles. The van der Waals surface area contributed by atoms with Crippen molar-refractivity contribution >= 4 is 5.78 Å². The van der Waals surface area contributed by atoms with E-state index in [1.54, 1.807) is 12.1 Å². The van der Waals surface area contributed by atoms with Crippen LogP contribution >= 0.6 is 0 Å². The SMILES string of the molecule is O=C(CCC1CCCCC1)c1cccc(F)c1. The second-order valence-electron chi connectivity index (χ2n) is 4.98. The number of rotatable bonds is 4. The zero-order valence-corrected chi connectivity index (χ0v) is 10.1. The largest absolute Gasteiger partial charge is 0.294 e. The average Bonchev–Trinajstić information content (AvgIpc) is 2.37. The zero-order chi connectivity index (χ0) is 12.1. The molecule has 1 aromatic rings. The second-order valence-corrected chi connectivity index (χ2v) is 4.98. The lowest BCUT2D eigenvalue weighted by molar-refractivity contribution is 0.0969. The highest BCUT2D eigenvalue weighted by atomic mass is 19.1. The normalized spacial score (nSPS) is 17.0. The molecular formula is C15H19FO. The van der Waals surface area contributed by atoms with Gasteiger partial charge in [0.15, 0.2) is 5.78 Å². The minimum absolute atomic E-state index is 0.0788. The van der Waals surface area contributed by atoms with E-state index in [1.165, 1.54) is 44.2 Å². The van der Waals surface area contributed by atoms with Crippen LogP contribution in [0.3, 0.4) is 0 Å². The monoisotopic (exact) mass is 234 g/mol. The molecule has 2 rings (SSSR count). The van der Waals surface area contributed by atoms with Crippen molar-refractivity contribution in [3.05, 3.63) is 35.6 Å². The highest BCUT2D eigenvalue weighted by molar-refractivity contribution is 5.95. The van der Waals surface area contributed by atoms with Crippen LogP contribution in [-0.2, 0) is 0 Å². The summed E-state index contributed by atoms with van der Waals surface area (Å²) < 4.78 is 13.0. The predicted molar refractivity (Wildman–Crippen MR) is 66.5 cm³/mol. The van der Waals surface area contributed by atoms with E-state index in [-0.39, 0.29) is 11.6 Å². The predicted octanol–water partition coefficient (Wildman–Crippen LogP) is 4.37. The minimum Gasteiger partial charge on any atom is -0.294 e. The number of halogens is 1. The van der Waals surface area contributed by atoms with Crippen LogP contribution in [0.25, 0.3) is 0 Å². The summed E-state index contributed by atoms with van der Waals surface area (Å²) >= 11 is 0. The maximum Gasteiger partial charge on any atom is 0.162 e. The summed E-state index contributed by atoms with van der Waals surface area (Å²) in [5.41, 5.74) is 0.515. The number of carbonyl (C=O) groups is 1. The fourth-order valence-corrected chi connectivity index (χ4v) is 2.62. The number of carbonyl (C=O) groups excluding carboxylic acids is 1. The fourth-order valence-electron chi connectivity index (χ4n) is 2.62. The summed E-state index contributed by atoms with van der Waals surface area (Å²) in [5, 5.41) is 0. The third-order valence-electron chi connectivity index (χ3n) is 3.65. The molecule has 0 N–H and O–H groups in total. The summed E-state index contributed by atoms with van der Waals surface area (Å²) in [6.07, 6.45) is 8.00. The number of hydrogen-bond acceptors (Lipinski definition) is 1. The number of hydrogen-bond donors (Lipinski definition) is 0. The van der Waals surface area contributed by atoms with E-state index in [0.29, 0.717) is 17.9 Å². The molecule has 0 atom stereocenters. The van der Waals surface area contributed by atoms with E-state index in [2.05, 4.69) is 0 Å². The Morgan fingerprint density at radius 2 is 2.00 bits per heavy atom. The zero-order valence-electron chi connectivity index (χ0n) is 10.1. The quantitative estimate of drug-likeness (QED) is 0.707. The van der Waals surface area contributed by atoms with E-state index in [9.17, 15) is 9.18 Å². The van der Waals surface area contributed by atoms with Gasteiger partial charge >= 0.3 is 0 Å². The average molecular weight is 234 g/mol. The van der Waals surface area contributed by atoms with Gasteiger partial charge in [0.05, 0.1) is 0 Å². The van der Waals surface area contributed by atoms with Gasteiger partial charge in [-0.3, -0.25) is 4.79 Å². The topological polar surface area (TPSA) is 17.1 Å². The van der Waals surface area contributed by atoms with Crippen molar-refractivity contribution in [3.63, 3.8) is 0 Å². The highest BCUT2D eigenvalue weighted by Crippen LogP contribution is 2.27. The molecule has 17 heavy (non-hydrogen) atoms. The molecule has 0 bridgehead atoms. The van der Waals surface area contributed by atoms with Gasteiger partial charge in [-0.1, -0.05) is 44.2 Å². The van der Waals surface area contributed by atoms with Crippen LogP contribution in [0.15, 0.2) is 24.3 Å². The first-order valence-corrected chi connectivity index (χ1v) is 6.54. The molecule has 1 nitrogen and oxygen atoms in total. The summed E-state index contributed by atoms with van der Waals surface area (Å²) in [6.45, 7) is 0. The first-order valence-electron chi connectivity index (χ1n) is 6.54. The molecule has 1 aliphatic rings. The van der Waals surface area contributed by atoms with E-state index in [4.69, 9.17) is 0 Å². The highest BCUT2D eigenvalue weighted by Gasteiger charge is 2.15. The van der Waals surface area contributed by atoms with Crippen molar-refractivity contribution in [3.8, 4) is 0 Å². The lowest BCUT2D eigenvalue weighted by atomic mass is 9.85. The Balaban J connectivity index is 1.84. The Morgan fingerprint density at radius 1 is 1.24 bits per heavy atom. The van der Waals surface area contributed by atoms with Gasteiger partial charge in [-0.25, -0.2) is 4.39 Å². The molecule has 0 unspecified atom stereocenters. The molecule has 0 radical (unpaired) electrons. The molecule has 92 valence electrons. The second kappa shape index (κ2) is 5.95. The maximum absolute atomic E-state index is 13.0. The van der Waals surface area contributed by atoms with Crippen molar-refractivity contribution in [1.29, 1.82) is 0 Å². The third kappa shape index (κ3) is 3.65. The lowest BCUT2D eigenvalue weighted by Gasteiger charge is -2.20. The smallest absolute Gasteiger partial charge is 0.162 e. The third-order valence-corrected chi connectivity index (χ3v) is 3.65. The van der Waals surface area contributed by atoms with E-state index < -0.39 is 0 Å². The maximum atomic E-state index is 13.0. The van der Waals surface area contributed by atoms with Gasteiger partial charge in [0.2, 0.25) is 0 Å². The van der Waals surface area contributed by atoms with E-state index in [1.807, 2.05) is 0 Å². The van der Waals surface area contributed by atoms with Gasteiger partial charge in [-0.05, 0) is 24.5 Å². The van der Waals surface area contributed by atoms with Gasteiger partial charge in [0.1, 0.15) is 5.82 Å². The van der Waals surface area contributed by atoms with Gasteiger partial charge in [0.25, 0.3) is 0 Å². The van der Waals surface area contributed by atoms with Crippen molar-refractivity contribution < 1.29 is 9.18 Å². The Hall–Kier alpha value is -1.18. The van der Waals surface area contributed by atoms with Crippen molar-refractivity contribution in [2.75, 3.05) is 0 Å². The Bertz CT molecular complexity index is 380. The Kier molecular flexibility index (Phi) is 4.29. The molecule has 0 heterocycles. The van der Waals surface area contributed by atoms with Crippen LogP contribution in [-0.4, -0.2) is 5.78 Å². The van der Waals surface area contributed by atoms with Crippen LogP contribution in [0.4, 0.5) is 4.39 Å². The first kappa shape index (κ1) is 12.3. The van der Waals surface area contributed by atoms with Crippen LogP contribution < -0.4 is 0 Å². The van der Waals surface area contributed by atoms with Gasteiger partial charge in [-0.2, -0.15) is 0 Å². The number of Topliss-reactive ketones (excluding diaryl/α,β-unsaturated/α-hetero) is 1. The summed E-state index contributed by atoms with van der Waals surface area (Å²) in [5.74, 6) is 0.463. The molecule has 0 aromatic heterocycles. The van der Waals surface area contributed by atoms with Crippen LogP contribution in [0.5, 0.6) is 0 Å². The van der Waals surface area contributed by atoms with Gasteiger partial charge in [-0.15, -0.1) is 0 Å². The summed E-state index contributed by atoms with van der Waals surface area (Å²) in [6, 6.07) is 6.01. The van der Waals surface area contributed by atoms with E-state index in [0.717, 1.165) is 6.42 Å². The van der Waals surface area contributed by atoms with Crippen LogP contribution in [0, 0.1) is 11.7 Å². The minimum atomic E-state index is -0.325. The summed E-state index contributed by atoms with van der Waals surface area (Å²) in [4.78, 5) is 11.9. The molecule has 1 aromatic carbocycles. The lowest BCUT2D eigenvalue weighted by Crippen LogP contribution is -2.09. The first-order chi connectivity index (χ1) is 8.25. The standard InChI is InChI=1S/C15H19FO/c16-14-8-4-7-13(11-14)15(17)10-9-12-5-2-1-3-6-12/h4,7-8,11-12H,1-3,5-6,9-10H2. The van der Waals surface area contributed by atoms with E-state index >= 15 is 0 Å². The molecule has 0 spiro atoms. The van der Waals surface area contributed by atoms with Crippen molar-refractivity contribution in [2.24, 2.45) is 5.92 Å². The van der Waals surface area contributed by atoms with Crippen LogP contribution in [0.2, 0.25) is 0 Å². The van der Waals surface area contributed by atoms with Crippen LogP contribution in [0.1, 0.15) is 55.3 Å². The number of benzene rings is 1.